The molecule has 10 nitrogen and oxygen atoms in total. The third-order valence-electron chi connectivity index (χ3n) is 3.65. The van der Waals surface area contributed by atoms with Crippen LogP contribution in [0.15, 0.2) is 24.3 Å². The van der Waals surface area contributed by atoms with Gasteiger partial charge in [-0.05, 0) is 31.5 Å². The molecular formula is C17H30NO9PS2. The van der Waals surface area contributed by atoms with E-state index in [2.05, 4.69) is 0 Å². The van der Waals surface area contributed by atoms with E-state index in [1.165, 1.54) is 0 Å². The van der Waals surface area contributed by atoms with Gasteiger partial charge in [-0.2, -0.15) is 16.8 Å². The van der Waals surface area contributed by atoms with Gasteiger partial charge < -0.3 is 13.9 Å². The lowest BCUT2D eigenvalue weighted by atomic mass is 10.2. The zero-order valence-electron chi connectivity index (χ0n) is 17.6. The number of hydrogen-bond donors (Lipinski definition) is 0. The van der Waals surface area contributed by atoms with Crippen molar-refractivity contribution < 1.29 is 38.8 Å². The predicted molar refractivity (Wildman–Crippen MR) is 115 cm³/mol. The van der Waals surface area contributed by atoms with E-state index in [-0.39, 0.29) is 45.7 Å². The molecule has 0 spiro atoms. The van der Waals surface area contributed by atoms with Crippen molar-refractivity contribution in [2.75, 3.05) is 56.9 Å². The molecule has 0 bridgehead atoms. The van der Waals surface area contributed by atoms with Gasteiger partial charge >= 0.3 is 7.60 Å². The van der Waals surface area contributed by atoms with Crippen molar-refractivity contribution in [3.8, 4) is 0 Å². The number of nitrogens with zero attached hydrogens (tertiary/aromatic N) is 1. The summed E-state index contributed by atoms with van der Waals surface area (Å²) < 4.78 is 77.5. The molecule has 174 valence electrons. The highest BCUT2D eigenvalue weighted by molar-refractivity contribution is 7.86. The summed E-state index contributed by atoms with van der Waals surface area (Å²) in [6.07, 6.45) is 2.02. The summed E-state index contributed by atoms with van der Waals surface area (Å²) in [4.78, 5) is 1.73. The minimum absolute atomic E-state index is 0.108. The summed E-state index contributed by atoms with van der Waals surface area (Å²) in [6, 6.07) is 7.00. The zero-order chi connectivity index (χ0) is 22.8. The summed E-state index contributed by atoms with van der Waals surface area (Å²) in [5, 5.41) is 0. The van der Waals surface area contributed by atoms with Crippen LogP contribution in [-0.4, -0.2) is 68.9 Å². The Labute approximate surface area is 179 Å². The van der Waals surface area contributed by atoms with E-state index in [1.54, 1.807) is 43.0 Å². The van der Waals surface area contributed by atoms with Crippen molar-refractivity contribution in [3.05, 3.63) is 29.8 Å². The third kappa shape index (κ3) is 11.4. The van der Waals surface area contributed by atoms with Crippen LogP contribution in [0.25, 0.3) is 0 Å². The van der Waals surface area contributed by atoms with E-state index in [9.17, 15) is 21.4 Å². The van der Waals surface area contributed by atoms with Crippen LogP contribution >= 0.6 is 7.60 Å². The Morgan fingerprint density at radius 1 is 0.833 bits per heavy atom. The standard InChI is InChI=1S/C17H30NO9PS2/c1-5-24-28(19,25-6-2)15-16-7-9-17(10-8-16)18(11-13-26-29(3,20)21)12-14-27-30(4,22)23/h7-10H,5-6,11-15H2,1-4H3. The first-order valence-corrected chi connectivity index (χ1v) is 14.6. The molecule has 0 fully saturated rings. The molecule has 0 aliphatic heterocycles. The molecule has 0 heterocycles. The van der Waals surface area contributed by atoms with Gasteiger partial charge in [0, 0.05) is 18.8 Å². The van der Waals surface area contributed by atoms with Gasteiger partial charge in [-0.25, -0.2) is 0 Å². The van der Waals surface area contributed by atoms with Crippen LogP contribution in [0, 0.1) is 0 Å². The molecule has 0 aromatic heterocycles. The monoisotopic (exact) mass is 487 g/mol. The maximum Gasteiger partial charge on any atom is 0.335 e. The van der Waals surface area contributed by atoms with E-state index in [4.69, 9.17) is 17.4 Å². The topological polar surface area (TPSA) is 126 Å². The van der Waals surface area contributed by atoms with Crippen LogP contribution in [-0.2, 0) is 48.4 Å². The van der Waals surface area contributed by atoms with E-state index < -0.39 is 27.8 Å². The second-order valence-corrected chi connectivity index (χ2v) is 11.7. The Morgan fingerprint density at radius 3 is 1.63 bits per heavy atom. The smallest absolute Gasteiger partial charge is 0.335 e. The first-order valence-electron chi connectivity index (χ1n) is 9.28. The van der Waals surface area contributed by atoms with Crippen molar-refractivity contribution in [2.45, 2.75) is 20.0 Å². The highest BCUT2D eigenvalue weighted by Crippen LogP contribution is 2.51. The molecule has 0 aliphatic rings. The van der Waals surface area contributed by atoms with E-state index >= 15 is 0 Å². The largest absolute Gasteiger partial charge is 0.367 e. The minimum Gasteiger partial charge on any atom is -0.367 e. The van der Waals surface area contributed by atoms with Crippen LogP contribution in [0.3, 0.4) is 0 Å². The Hall–Kier alpha value is -1.01. The zero-order valence-corrected chi connectivity index (χ0v) is 20.2. The van der Waals surface area contributed by atoms with Crippen molar-refractivity contribution in [3.63, 3.8) is 0 Å². The highest BCUT2D eigenvalue weighted by Gasteiger charge is 2.24. The van der Waals surface area contributed by atoms with Crippen molar-refractivity contribution in [1.29, 1.82) is 0 Å². The van der Waals surface area contributed by atoms with E-state index in [0.29, 0.717) is 5.69 Å². The van der Waals surface area contributed by atoms with Gasteiger partial charge in [0.1, 0.15) is 0 Å². The van der Waals surface area contributed by atoms with Gasteiger partial charge in [-0.1, -0.05) is 12.1 Å². The first-order chi connectivity index (χ1) is 13.9. The van der Waals surface area contributed by atoms with Gasteiger partial charge in [0.15, 0.2) is 0 Å². The maximum atomic E-state index is 12.7. The summed E-state index contributed by atoms with van der Waals surface area (Å²) in [6.45, 7) is 4.18. The molecule has 0 atom stereocenters. The average molecular weight is 488 g/mol. The van der Waals surface area contributed by atoms with Gasteiger partial charge in [0.05, 0.1) is 45.1 Å². The molecule has 0 unspecified atom stereocenters. The molecule has 0 saturated carbocycles. The van der Waals surface area contributed by atoms with E-state index in [1.807, 2.05) is 0 Å². The highest BCUT2D eigenvalue weighted by atomic mass is 32.2. The first kappa shape index (κ1) is 27.0. The van der Waals surface area contributed by atoms with Crippen molar-refractivity contribution in [2.24, 2.45) is 0 Å². The third-order valence-corrected chi connectivity index (χ3v) is 6.89. The summed E-state index contributed by atoms with van der Waals surface area (Å²) in [5.41, 5.74) is 1.43. The van der Waals surface area contributed by atoms with Crippen molar-refractivity contribution in [1.82, 2.24) is 0 Å². The lowest BCUT2D eigenvalue weighted by molar-refractivity contribution is 0.219. The van der Waals surface area contributed by atoms with Crippen LogP contribution in [0.2, 0.25) is 0 Å². The van der Waals surface area contributed by atoms with Gasteiger partial charge in [-0.15, -0.1) is 0 Å². The van der Waals surface area contributed by atoms with Crippen LogP contribution in [0.1, 0.15) is 19.4 Å². The van der Waals surface area contributed by atoms with E-state index in [0.717, 1.165) is 18.1 Å². The molecule has 1 aromatic carbocycles. The summed E-state index contributed by atoms with van der Waals surface area (Å²) >= 11 is 0. The van der Waals surface area contributed by atoms with Crippen molar-refractivity contribution >= 4 is 33.5 Å². The van der Waals surface area contributed by atoms with Crippen LogP contribution < -0.4 is 4.90 Å². The molecule has 0 radical (unpaired) electrons. The Kier molecular flexibility index (Phi) is 10.9. The molecule has 1 rings (SSSR count). The second kappa shape index (κ2) is 12.1. The fourth-order valence-corrected chi connectivity index (χ4v) is 4.98. The number of benzene rings is 1. The fraction of sp³-hybridized carbons (Fsp3) is 0.647. The summed E-state index contributed by atoms with van der Waals surface area (Å²) in [7, 11) is -10.4. The molecule has 0 saturated heterocycles. The normalized spacial score (nSPS) is 12.8. The Balaban J connectivity index is 2.90. The SMILES string of the molecule is CCOP(=O)(Cc1ccc(N(CCOS(C)(=O)=O)CCOS(C)(=O)=O)cc1)OCC. The van der Waals surface area contributed by atoms with Crippen LogP contribution in [0.5, 0.6) is 0 Å². The number of rotatable bonds is 15. The maximum absolute atomic E-state index is 12.7. The molecule has 0 N–H and O–H groups in total. The predicted octanol–water partition coefficient (Wildman–Crippen LogP) is 2.21. The van der Waals surface area contributed by atoms with Gasteiger partial charge in [0.25, 0.3) is 20.2 Å². The number of anilines is 1. The Bertz CT molecular complexity index is 854. The molecular weight excluding hydrogens is 457 g/mol. The lowest BCUT2D eigenvalue weighted by Crippen LogP contribution is -2.32. The Morgan fingerprint density at radius 2 is 1.27 bits per heavy atom. The molecule has 1 aromatic rings. The average Bonchev–Trinajstić information content (AvgIpc) is 2.59. The van der Waals surface area contributed by atoms with Crippen LogP contribution in [0.4, 0.5) is 5.69 Å². The molecule has 13 heteroatoms. The van der Waals surface area contributed by atoms with Gasteiger partial charge in [0.2, 0.25) is 0 Å². The minimum atomic E-state index is -3.60. The molecule has 0 amide bonds. The molecule has 0 aliphatic carbocycles. The molecule has 30 heavy (non-hydrogen) atoms. The summed E-state index contributed by atoms with van der Waals surface area (Å²) in [5.74, 6) is 0. The second-order valence-electron chi connectivity index (χ2n) is 6.31. The lowest BCUT2D eigenvalue weighted by Gasteiger charge is -2.25. The quantitative estimate of drug-likeness (QED) is 0.268. The van der Waals surface area contributed by atoms with Gasteiger partial charge in [-0.3, -0.25) is 12.9 Å². The number of hydrogen-bond acceptors (Lipinski definition) is 10. The fourth-order valence-electron chi connectivity index (χ4n) is 2.53.